The highest BCUT2D eigenvalue weighted by Gasteiger charge is 2.34. The van der Waals surface area contributed by atoms with Crippen LogP contribution >= 0.6 is 11.8 Å². The fraction of sp³-hybridized carbons (Fsp3) is 0.471. The lowest BCUT2D eigenvalue weighted by atomic mass is 10.2. The molecule has 1 atom stereocenters. The van der Waals surface area contributed by atoms with Crippen molar-refractivity contribution in [2.75, 3.05) is 23.6 Å². The summed E-state index contributed by atoms with van der Waals surface area (Å²) in [6, 6.07) is 6.00. The number of nitrogens with one attached hydrogen (secondary N) is 1. The van der Waals surface area contributed by atoms with Gasteiger partial charge in [0.1, 0.15) is 11.8 Å². The summed E-state index contributed by atoms with van der Waals surface area (Å²) in [6.45, 7) is 1.61. The predicted molar refractivity (Wildman–Crippen MR) is 95.7 cm³/mol. The standard InChI is InChI=1S/C17H22N2O5S/c1-2-3-4-15(20)19-11-25-10-14(19)17(23)18-12-5-7-13(8-6-12)24-9-16(21)22/h5-8,14H,2-4,9-11H2,1H3,(H,18,23)(H,21,22). The molecule has 1 aliphatic rings. The molecule has 7 nitrogen and oxygen atoms in total. The lowest BCUT2D eigenvalue weighted by Crippen LogP contribution is -2.44. The maximum atomic E-state index is 12.5. The van der Waals surface area contributed by atoms with E-state index in [9.17, 15) is 14.4 Å². The molecule has 2 amide bonds. The van der Waals surface area contributed by atoms with E-state index in [2.05, 4.69) is 5.32 Å². The van der Waals surface area contributed by atoms with Crippen LogP contribution in [0.1, 0.15) is 26.2 Å². The van der Waals surface area contributed by atoms with Gasteiger partial charge in [-0.1, -0.05) is 13.3 Å². The van der Waals surface area contributed by atoms with Crippen LogP contribution in [-0.4, -0.2) is 52.1 Å². The molecule has 136 valence electrons. The number of ether oxygens (including phenoxy) is 1. The van der Waals surface area contributed by atoms with Crippen LogP contribution in [0.25, 0.3) is 0 Å². The average molecular weight is 366 g/mol. The summed E-state index contributed by atoms with van der Waals surface area (Å²) < 4.78 is 5.04. The first-order chi connectivity index (χ1) is 12.0. The quantitative estimate of drug-likeness (QED) is 0.732. The van der Waals surface area contributed by atoms with Crippen molar-refractivity contribution in [3.63, 3.8) is 0 Å². The van der Waals surface area contributed by atoms with Crippen LogP contribution in [0, 0.1) is 0 Å². The zero-order chi connectivity index (χ0) is 18.2. The summed E-state index contributed by atoms with van der Waals surface area (Å²) in [5.74, 6) is 0.294. The number of carbonyl (C=O) groups is 3. The highest BCUT2D eigenvalue weighted by Crippen LogP contribution is 2.24. The molecule has 0 radical (unpaired) electrons. The number of carboxylic acids is 1. The van der Waals surface area contributed by atoms with E-state index in [1.807, 2.05) is 6.92 Å². The largest absolute Gasteiger partial charge is 0.482 e. The van der Waals surface area contributed by atoms with Gasteiger partial charge in [0.2, 0.25) is 11.8 Å². The number of hydrogen-bond acceptors (Lipinski definition) is 5. The Morgan fingerprint density at radius 1 is 1.32 bits per heavy atom. The van der Waals surface area contributed by atoms with Gasteiger partial charge < -0.3 is 20.1 Å². The minimum atomic E-state index is -1.05. The topological polar surface area (TPSA) is 95.9 Å². The Bertz CT molecular complexity index is 620. The first-order valence-electron chi connectivity index (χ1n) is 8.14. The predicted octanol–water partition coefficient (Wildman–Crippen LogP) is 2.18. The van der Waals surface area contributed by atoms with Crippen LogP contribution in [0.3, 0.4) is 0 Å². The SMILES string of the molecule is CCCCC(=O)N1CSCC1C(=O)Nc1ccc(OCC(=O)O)cc1. The van der Waals surface area contributed by atoms with Crippen LogP contribution in [0.5, 0.6) is 5.75 Å². The summed E-state index contributed by atoms with van der Waals surface area (Å²) >= 11 is 1.57. The number of rotatable bonds is 8. The summed E-state index contributed by atoms with van der Waals surface area (Å²) in [5.41, 5.74) is 0.575. The Kier molecular flexibility index (Phi) is 7.12. The number of aliphatic carboxylic acids is 1. The average Bonchev–Trinajstić information content (AvgIpc) is 3.09. The van der Waals surface area contributed by atoms with Crippen LogP contribution in [0.2, 0.25) is 0 Å². The van der Waals surface area contributed by atoms with Crippen LogP contribution in [0.4, 0.5) is 5.69 Å². The van der Waals surface area contributed by atoms with Gasteiger partial charge in [0.15, 0.2) is 6.61 Å². The Morgan fingerprint density at radius 3 is 2.68 bits per heavy atom. The number of carboxylic acid groups (broad SMARTS) is 1. The zero-order valence-corrected chi connectivity index (χ0v) is 14.9. The molecule has 25 heavy (non-hydrogen) atoms. The molecule has 0 bridgehead atoms. The maximum Gasteiger partial charge on any atom is 0.341 e. The lowest BCUT2D eigenvalue weighted by molar-refractivity contribution is -0.139. The Morgan fingerprint density at radius 2 is 2.04 bits per heavy atom. The number of anilines is 1. The Hall–Kier alpha value is -2.22. The maximum absolute atomic E-state index is 12.5. The lowest BCUT2D eigenvalue weighted by Gasteiger charge is -2.23. The zero-order valence-electron chi connectivity index (χ0n) is 14.1. The molecule has 0 aliphatic carbocycles. The van der Waals surface area contributed by atoms with Gasteiger partial charge in [0, 0.05) is 17.9 Å². The fourth-order valence-electron chi connectivity index (χ4n) is 2.38. The Balaban J connectivity index is 1.91. The molecule has 1 heterocycles. The third-order valence-electron chi connectivity index (χ3n) is 3.73. The number of amides is 2. The van der Waals surface area contributed by atoms with Crippen molar-refractivity contribution in [3.8, 4) is 5.75 Å². The highest BCUT2D eigenvalue weighted by molar-refractivity contribution is 7.99. The molecule has 1 aromatic rings. The van der Waals surface area contributed by atoms with E-state index in [1.54, 1.807) is 40.9 Å². The van der Waals surface area contributed by atoms with Crippen molar-refractivity contribution in [1.29, 1.82) is 0 Å². The van der Waals surface area contributed by atoms with Gasteiger partial charge >= 0.3 is 5.97 Å². The normalized spacial score (nSPS) is 16.5. The van der Waals surface area contributed by atoms with Gasteiger partial charge in [0.25, 0.3) is 0 Å². The van der Waals surface area contributed by atoms with Crippen molar-refractivity contribution in [1.82, 2.24) is 4.90 Å². The molecule has 1 fully saturated rings. The van der Waals surface area contributed by atoms with E-state index in [0.29, 0.717) is 29.5 Å². The van der Waals surface area contributed by atoms with Crippen molar-refractivity contribution >= 4 is 35.2 Å². The minimum absolute atomic E-state index is 0.0180. The second kappa shape index (κ2) is 9.31. The number of thioether (sulfide) groups is 1. The molecular formula is C17H22N2O5S. The van der Waals surface area contributed by atoms with E-state index >= 15 is 0 Å². The van der Waals surface area contributed by atoms with Crippen molar-refractivity contribution in [2.45, 2.75) is 32.2 Å². The fourth-order valence-corrected chi connectivity index (χ4v) is 3.56. The van der Waals surface area contributed by atoms with E-state index in [4.69, 9.17) is 9.84 Å². The molecular weight excluding hydrogens is 344 g/mol. The van der Waals surface area contributed by atoms with Gasteiger partial charge in [0.05, 0.1) is 5.88 Å². The summed E-state index contributed by atoms with van der Waals surface area (Å²) in [5, 5.41) is 11.4. The molecule has 2 N–H and O–H groups in total. The molecule has 1 aromatic carbocycles. The molecule has 0 spiro atoms. The van der Waals surface area contributed by atoms with Crippen molar-refractivity contribution in [2.24, 2.45) is 0 Å². The second-order valence-electron chi connectivity index (χ2n) is 5.68. The summed E-state index contributed by atoms with van der Waals surface area (Å²) in [6.07, 6.45) is 2.24. The monoisotopic (exact) mass is 366 g/mol. The molecule has 1 saturated heterocycles. The third-order valence-corrected chi connectivity index (χ3v) is 4.75. The molecule has 0 aromatic heterocycles. The number of nitrogens with zero attached hydrogens (tertiary/aromatic N) is 1. The van der Waals surface area contributed by atoms with E-state index in [1.165, 1.54) is 0 Å². The van der Waals surface area contributed by atoms with E-state index in [0.717, 1.165) is 12.8 Å². The summed E-state index contributed by atoms with van der Waals surface area (Å²) in [4.78, 5) is 36.8. The van der Waals surface area contributed by atoms with Crippen LogP contribution in [0.15, 0.2) is 24.3 Å². The number of carbonyl (C=O) groups excluding carboxylic acids is 2. The smallest absolute Gasteiger partial charge is 0.341 e. The number of hydrogen-bond donors (Lipinski definition) is 2. The van der Waals surface area contributed by atoms with Gasteiger partial charge in [-0.3, -0.25) is 9.59 Å². The van der Waals surface area contributed by atoms with Gasteiger partial charge in [-0.05, 0) is 30.7 Å². The highest BCUT2D eigenvalue weighted by atomic mass is 32.2. The van der Waals surface area contributed by atoms with E-state index < -0.39 is 18.6 Å². The van der Waals surface area contributed by atoms with Crippen LogP contribution < -0.4 is 10.1 Å². The van der Waals surface area contributed by atoms with Gasteiger partial charge in [-0.25, -0.2) is 4.79 Å². The van der Waals surface area contributed by atoms with Gasteiger partial charge in [-0.15, -0.1) is 11.8 Å². The van der Waals surface area contributed by atoms with E-state index in [-0.39, 0.29) is 11.8 Å². The molecule has 0 saturated carbocycles. The van der Waals surface area contributed by atoms with Gasteiger partial charge in [-0.2, -0.15) is 0 Å². The van der Waals surface area contributed by atoms with Crippen molar-refractivity contribution in [3.05, 3.63) is 24.3 Å². The second-order valence-corrected chi connectivity index (χ2v) is 6.68. The number of unbranched alkanes of at least 4 members (excludes halogenated alkanes) is 1. The summed E-state index contributed by atoms with van der Waals surface area (Å²) in [7, 11) is 0. The van der Waals surface area contributed by atoms with Crippen molar-refractivity contribution < 1.29 is 24.2 Å². The van der Waals surface area contributed by atoms with Crippen LogP contribution in [-0.2, 0) is 14.4 Å². The molecule has 1 unspecified atom stereocenters. The molecule has 8 heteroatoms. The minimum Gasteiger partial charge on any atom is -0.482 e. The third kappa shape index (κ3) is 5.67. The Labute approximate surface area is 150 Å². The first-order valence-corrected chi connectivity index (χ1v) is 9.29. The first kappa shape index (κ1) is 19.1. The molecule has 1 aliphatic heterocycles. The molecule has 2 rings (SSSR count). The number of benzene rings is 1.